The summed E-state index contributed by atoms with van der Waals surface area (Å²) in [5, 5.41) is 22.1. The van der Waals surface area contributed by atoms with Gasteiger partial charge in [0.2, 0.25) is 5.79 Å². The minimum Gasteiger partial charge on any atom is -0.469 e. The van der Waals surface area contributed by atoms with Crippen molar-refractivity contribution in [2.45, 2.75) is 184 Å². The fourth-order valence-corrected chi connectivity index (χ4v) is 11.3. The number of allylic oxidation sites excluding steroid dienone is 1. The van der Waals surface area contributed by atoms with Gasteiger partial charge in [-0.15, -0.1) is 0 Å². The van der Waals surface area contributed by atoms with E-state index in [1.54, 1.807) is 28.3 Å². The minimum atomic E-state index is -0.790. The van der Waals surface area contributed by atoms with Gasteiger partial charge in [-0.05, 0) is 69.8 Å². The number of hydrogen-bond donors (Lipinski definition) is 2. The minimum absolute atomic E-state index is 0.000401. The quantitative estimate of drug-likeness (QED) is 0.256. The lowest BCUT2D eigenvalue weighted by molar-refractivity contribution is -0.339. The van der Waals surface area contributed by atoms with E-state index in [1.165, 1.54) is 5.57 Å². The number of aliphatic hydroxyl groups is 2. The molecule has 6 fully saturated rings. The summed E-state index contributed by atoms with van der Waals surface area (Å²) in [6.07, 6.45) is 0.929. The second-order valence-electron chi connectivity index (χ2n) is 17.9. The molecule has 15 heteroatoms. The molecule has 0 unspecified atom stereocenters. The SMILES string of the molecule is CO[C@H]1C[C@H](O[C@@H]2[C@H](C)O[C@@H](O[C@H]3[C@@H](OC)C[C@H](O[C@@H]4CC5=CC[C@H]6C(=O)O[C@@H]7CO[C@]8(C)OC=C(CC[C@@H]6[C@@]5(C)C[C@H]4O)[C@H]78)O[C@@H]3C)C[C@@H]2OC)O[C@H](C)[C@H]1O. The van der Waals surface area contributed by atoms with Crippen molar-refractivity contribution in [3.8, 4) is 0 Å². The molecule has 0 aromatic heterocycles. The van der Waals surface area contributed by atoms with Gasteiger partial charge in [0.15, 0.2) is 18.9 Å². The van der Waals surface area contributed by atoms with Gasteiger partial charge in [0, 0.05) is 47.5 Å². The summed E-state index contributed by atoms with van der Waals surface area (Å²) in [4.78, 5) is 13.7. The lowest BCUT2D eigenvalue weighted by atomic mass is 9.55. The Balaban J connectivity index is 0.876. The van der Waals surface area contributed by atoms with E-state index < -0.39 is 85.0 Å². The molecule has 0 aromatic rings. The Hall–Kier alpha value is -1.73. The number of esters is 1. The highest BCUT2D eigenvalue weighted by Crippen LogP contribution is 2.57. The number of ether oxygens (including phenoxy) is 12. The lowest BCUT2D eigenvalue weighted by Gasteiger charge is -2.52. The summed E-state index contributed by atoms with van der Waals surface area (Å²) in [5.41, 5.74) is 1.95. The van der Waals surface area contributed by atoms with Crippen LogP contribution >= 0.6 is 0 Å². The zero-order valence-electron chi connectivity index (χ0n) is 34.6. The lowest BCUT2D eigenvalue weighted by Crippen LogP contribution is -2.57. The molecule has 0 radical (unpaired) electrons. The van der Waals surface area contributed by atoms with Gasteiger partial charge in [-0.3, -0.25) is 4.79 Å². The second-order valence-corrected chi connectivity index (χ2v) is 17.9. The van der Waals surface area contributed by atoms with Crippen LogP contribution in [0.3, 0.4) is 0 Å². The number of hydrogen-bond acceptors (Lipinski definition) is 15. The van der Waals surface area contributed by atoms with Gasteiger partial charge in [-0.1, -0.05) is 18.6 Å². The van der Waals surface area contributed by atoms with Crippen LogP contribution in [0.25, 0.3) is 0 Å². The Morgan fingerprint density at radius 2 is 1.39 bits per heavy atom. The average Bonchev–Trinajstić information content (AvgIpc) is 3.69. The number of carbonyl (C=O) groups excluding carboxylic acids is 1. The van der Waals surface area contributed by atoms with Crippen molar-refractivity contribution in [1.82, 2.24) is 0 Å². The fraction of sp³-hybridized carbons (Fsp3) is 0.881. The molecule has 6 aliphatic heterocycles. The number of aliphatic hydroxyl groups excluding tert-OH is 2. The van der Waals surface area contributed by atoms with Crippen molar-refractivity contribution < 1.29 is 71.8 Å². The van der Waals surface area contributed by atoms with Crippen molar-refractivity contribution >= 4 is 5.97 Å². The smallest absolute Gasteiger partial charge is 0.309 e. The van der Waals surface area contributed by atoms with E-state index in [2.05, 4.69) is 13.0 Å². The molecule has 0 bridgehead atoms. The van der Waals surface area contributed by atoms with Crippen LogP contribution < -0.4 is 0 Å². The molecule has 8 aliphatic rings. The molecule has 8 rings (SSSR count). The molecule has 20 atom stereocenters. The predicted molar refractivity (Wildman–Crippen MR) is 199 cm³/mol. The monoisotopic (exact) mass is 808 g/mol. The third kappa shape index (κ3) is 7.87. The zero-order valence-corrected chi connectivity index (χ0v) is 34.6. The van der Waals surface area contributed by atoms with Gasteiger partial charge in [-0.2, -0.15) is 0 Å². The Morgan fingerprint density at radius 1 is 0.789 bits per heavy atom. The van der Waals surface area contributed by atoms with Gasteiger partial charge in [0.1, 0.15) is 24.4 Å². The van der Waals surface area contributed by atoms with Crippen LogP contribution in [0.1, 0.15) is 86.0 Å². The van der Waals surface area contributed by atoms with E-state index in [4.69, 9.17) is 56.8 Å². The zero-order chi connectivity index (χ0) is 40.4. The summed E-state index contributed by atoms with van der Waals surface area (Å²) >= 11 is 0. The Morgan fingerprint density at radius 3 is 2.02 bits per heavy atom. The maximum absolute atomic E-state index is 13.7. The van der Waals surface area contributed by atoms with E-state index >= 15 is 0 Å². The molecule has 15 nitrogen and oxygen atoms in total. The van der Waals surface area contributed by atoms with Crippen LogP contribution in [0, 0.1) is 23.2 Å². The molecular formula is C42H64O15. The van der Waals surface area contributed by atoms with Crippen molar-refractivity contribution in [2.24, 2.45) is 23.2 Å². The van der Waals surface area contributed by atoms with E-state index in [1.807, 2.05) is 27.0 Å². The standard InChI is InChI=1S/C42H64O15/c1-20-37(44)29(46-6)14-34(51-20)56-39-22(3)53-35(16-31(39)48-8)57-38-21(2)52-33(15-30(38)47-7)54-28-13-24-10-11-25-26(41(24,4)17-27(28)43)12-9-23-18-49-42(5)36(23)32(19-50-42)55-40(25)45/h10,18,20-22,25-39,43-44H,9,11-17,19H2,1-8H3/t20-,21-,22+,25-,26+,27-,28-,29+,30+,31+,32-,33+,34+,35+,36-,37-,38-,39-,41+,42+/m1/s1. The van der Waals surface area contributed by atoms with Crippen LogP contribution in [-0.2, 0) is 61.6 Å². The summed E-state index contributed by atoms with van der Waals surface area (Å²) < 4.78 is 73.7. The largest absolute Gasteiger partial charge is 0.469 e. The van der Waals surface area contributed by atoms with Gasteiger partial charge < -0.3 is 67.1 Å². The highest BCUT2D eigenvalue weighted by atomic mass is 16.8. The van der Waals surface area contributed by atoms with E-state index in [0.29, 0.717) is 45.1 Å². The number of methoxy groups -OCH3 is 3. The molecule has 2 aliphatic carbocycles. The van der Waals surface area contributed by atoms with Crippen LogP contribution in [0.4, 0.5) is 0 Å². The molecule has 0 spiro atoms. The molecule has 5 saturated heterocycles. The average molecular weight is 809 g/mol. The first-order valence-electron chi connectivity index (χ1n) is 21.0. The van der Waals surface area contributed by atoms with E-state index in [-0.39, 0.29) is 42.0 Å². The normalized spacial score (nSPS) is 51.2. The topological polar surface area (TPSA) is 168 Å². The van der Waals surface area contributed by atoms with E-state index in [0.717, 1.165) is 18.4 Å². The van der Waals surface area contributed by atoms with Crippen LogP contribution in [-0.4, -0.2) is 142 Å². The number of carbonyl (C=O) groups is 1. The fourth-order valence-electron chi connectivity index (χ4n) is 11.3. The van der Waals surface area contributed by atoms with Crippen molar-refractivity contribution in [1.29, 1.82) is 0 Å². The predicted octanol–water partition coefficient (Wildman–Crippen LogP) is 3.66. The van der Waals surface area contributed by atoms with Gasteiger partial charge in [0.25, 0.3) is 0 Å². The summed E-state index contributed by atoms with van der Waals surface area (Å²) in [7, 11) is 4.86. The first-order valence-corrected chi connectivity index (χ1v) is 21.0. The Bertz CT molecular complexity index is 1510. The molecule has 0 aromatic carbocycles. The van der Waals surface area contributed by atoms with Crippen LogP contribution in [0.15, 0.2) is 23.5 Å². The third-order valence-electron chi connectivity index (χ3n) is 14.5. The molecule has 0 amide bonds. The van der Waals surface area contributed by atoms with Crippen LogP contribution in [0.2, 0.25) is 0 Å². The maximum Gasteiger partial charge on any atom is 0.309 e. The van der Waals surface area contributed by atoms with Crippen molar-refractivity contribution in [3.63, 3.8) is 0 Å². The molecule has 322 valence electrons. The first-order chi connectivity index (χ1) is 27.2. The molecule has 57 heavy (non-hydrogen) atoms. The highest BCUT2D eigenvalue weighted by molar-refractivity contribution is 5.74. The molecule has 1 saturated carbocycles. The molecule has 2 N–H and O–H groups in total. The third-order valence-corrected chi connectivity index (χ3v) is 14.5. The molecular weight excluding hydrogens is 744 g/mol. The summed E-state index contributed by atoms with van der Waals surface area (Å²) in [6, 6.07) is 0. The first kappa shape index (κ1) is 42.0. The van der Waals surface area contributed by atoms with Crippen molar-refractivity contribution in [3.05, 3.63) is 23.5 Å². The van der Waals surface area contributed by atoms with Gasteiger partial charge in [0.05, 0.1) is 73.5 Å². The van der Waals surface area contributed by atoms with Gasteiger partial charge >= 0.3 is 5.97 Å². The second kappa shape index (κ2) is 16.6. The molecule has 6 heterocycles. The Kier molecular flexibility index (Phi) is 12.2. The van der Waals surface area contributed by atoms with Gasteiger partial charge in [-0.25, -0.2) is 0 Å². The number of rotatable bonds is 9. The van der Waals surface area contributed by atoms with Crippen molar-refractivity contribution in [2.75, 3.05) is 27.9 Å². The Labute approximate surface area is 335 Å². The number of fused-ring (bicyclic) bond motifs is 3. The highest BCUT2D eigenvalue weighted by Gasteiger charge is 2.59. The maximum atomic E-state index is 13.7. The summed E-state index contributed by atoms with van der Waals surface area (Å²) in [6.45, 7) is 10.1. The van der Waals surface area contributed by atoms with Crippen LogP contribution in [0.5, 0.6) is 0 Å². The van der Waals surface area contributed by atoms with E-state index in [9.17, 15) is 15.0 Å². The summed E-state index contributed by atoms with van der Waals surface area (Å²) in [5.74, 6) is -1.37.